The van der Waals surface area contributed by atoms with Gasteiger partial charge in [-0.2, -0.15) is 0 Å². The van der Waals surface area contributed by atoms with Gasteiger partial charge in [0.1, 0.15) is 0 Å². The Kier molecular flexibility index (Phi) is 8.40. The number of hydrogen-bond acceptors (Lipinski definition) is 3. The van der Waals surface area contributed by atoms with Crippen LogP contribution in [-0.2, 0) is 17.8 Å². The Morgan fingerprint density at radius 2 is 1.74 bits per heavy atom. The van der Waals surface area contributed by atoms with Crippen LogP contribution in [0.3, 0.4) is 0 Å². The fraction of sp³-hybridized carbons (Fsp3) is 0.517. The molecule has 0 fully saturated rings. The predicted octanol–water partition coefficient (Wildman–Crippen LogP) is 6.04. The Bertz CT molecular complexity index is 1010. The lowest BCUT2D eigenvalue weighted by Gasteiger charge is -2.32. The highest BCUT2D eigenvalue weighted by atomic mass is 16.2. The second-order valence-electron chi connectivity index (χ2n) is 11.4. The van der Waals surface area contributed by atoms with E-state index in [4.69, 9.17) is 0 Å². The molecule has 5 heteroatoms. The van der Waals surface area contributed by atoms with Crippen molar-refractivity contribution in [3.63, 3.8) is 0 Å². The first-order valence-electron chi connectivity index (χ1n) is 12.6. The van der Waals surface area contributed by atoms with Gasteiger partial charge in [0.25, 0.3) is 5.91 Å². The van der Waals surface area contributed by atoms with Crippen molar-refractivity contribution in [2.45, 2.75) is 67.3 Å². The Labute approximate surface area is 205 Å². The molecule has 184 valence electrons. The molecule has 1 aliphatic rings. The molecule has 1 aliphatic heterocycles. The van der Waals surface area contributed by atoms with E-state index in [9.17, 15) is 9.59 Å². The van der Waals surface area contributed by atoms with Gasteiger partial charge in [0, 0.05) is 37.4 Å². The highest BCUT2D eigenvalue weighted by molar-refractivity contribution is 6.02. The third-order valence-electron chi connectivity index (χ3n) is 6.16. The van der Waals surface area contributed by atoms with Crippen molar-refractivity contribution in [2.24, 2.45) is 17.3 Å². The van der Waals surface area contributed by atoms with Crippen molar-refractivity contribution in [3.05, 3.63) is 59.2 Å². The molecule has 1 atom stereocenters. The second-order valence-corrected chi connectivity index (χ2v) is 11.4. The van der Waals surface area contributed by atoms with Crippen LogP contribution in [0.1, 0.15) is 75.9 Å². The summed E-state index contributed by atoms with van der Waals surface area (Å²) in [5.41, 5.74) is 5.06. The smallest absolute Gasteiger partial charge is 0.253 e. The number of fused-ring (bicyclic) bond motifs is 1. The summed E-state index contributed by atoms with van der Waals surface area (Å²) in [5, 5.41) is 6.08. The molecule has 3 rings (SSSR count). The van der Waals surface area contributed by atoms with Crippen molar-refractivity contribution in [1.82, 2.24) is 5.32 Å². The van der Waals surface area contributed by atoms with Gasteiger partial charge < -0.3 is 15.5 Å². The minimum absolute atomic E-state index is 0.00932. The monoisotopic (exact) mass is 463 g/mol. The number of rotatable bonds is 8. The molecule has 2 aromatic rings. The topological polar surface area (TPSA) is 61.4 Å². The number of anilines is 2. The van der Waals surface area contributed by atoms with Crippen LogP contribution in [0.5, 0.6) is 0 Å². The molecule has 0 unspecified atom stereocenters. The van der Waals surface area contributed by atoms with E-state index >= 15 is 0 Å². The number of carbonyl (C=O) groups excluding carboxylic acids is 2. The molecule has 0 aliphatic carbocycles. The molecule has 2 aromatic carbocycles. The molecular weight excluding hydrogens is 422 g/mol. The quantitative estimate of drug-likeness (QED) is 0.502. The maximum atomic E-state index is 13.2. The molecule has 0 aromatic heterocycles. The summed E-state index contributed by atoms with van der Waals surface area (Å²) in [6.45, 7) is 15.1. The Morgan fingerprint density at radius 1 is 1.03 bits per heavy atom. The molecule has 0 spiro atoms. The first kappa shape index (κ1) is 25.8. The first-order chi connectivity index (χ1) is 16.0. The average Bonchev–Trinajstić information content (AvgIpc) is 2.75. The van der Waals surface area contributed by atoms with E-state index in [1.807, 2.05) is 18.2 Å². The summed E-state index contributed by atoms with van der Waals surface area (Å²) in [6, 6.07) is 14.2. The van der Waals surface area contributed by atoms with Gasteiger partial charge in [-0.15, -0.1) is 0 Å². The molecule has 1 heterocycles. The number of nitrogens with one attached hydrogen (secondary N) is 2. The van der Waals surface area contributed by atoms with E-state index in [0.29, 0.717) is 36.1 Å². The van der Waals surface area contributed by atoms with Crippen molar-refractivity contribution in [1.29, 1.82) is 0 Å². The van der Waals surface area contributed by atoms with Crippen molar-refractivity contribution < 1.29 is 9.59 Å². The third-order valence-corrected chi connectivity index (χ3v) is 6.16. The SMILES string of the molecule is CC(C)CNC(=O)c1cc(NC(=O)C[C@H](C)CC(C)(C)C)ccc1N1CCc2ccccc2C1. The predicted molar refractivity (Wildman–Crippen MR) is 141 cm³/mol. The fourth-order valence-electron chi connectivity index (χ4n) is 4.81. The van der Waals surface area contributed by atoms with Crippen molar-refractivity contribution in [2.75, 3.05) is 23.3 Å². The largest absolute Gasteiger partial charge is 0.366 e. The van der Waals surface area contributed by atoms with Gasteiger partial charge in [0.15, 0.2) is 0 Å². The summed E-state index contributed by atoms with van der Waals surface area (Å²) in [6.07, 6.45) is 2.41. The Morgan fingerprint density at radius 3 is 2.41 bits per heavy atom. The number of amides is 2. The molecule has 2 N–H and O–H groups in total. The summed E-state index contributed by atoms with van der Waals surface area (Å²) in [5.74, 6) is 0.549. The van der Waals surface area contributed by atoms with Crippen LogP contribution in [0.15, 0.2) is 42.5 Å². The van der Waals surface area contributed by atoms with Crippen LogP contribution < -0.4 is 15.5 Å². The molecule has 34 heavy (non-hydrogen) atoms. The standard InChI is InChI=1S/C29H41N3O2/c1-20(2)18-30-28(34)25-16-24(31-27(33)15-21(3)17-29(4,5)6)11-12-26(25)32-14-13-22-9-7-8-10-23(22)19-32/h7-12,16,20-21H,13-15,17-19H2,1-6H3,(H,30,34)(H,31,33)/t21-/m0/s1. The van der Waals surface area contributed by atoms with Gasteiger partial charge in [-0.25, -0.2) is 0 Å². The summed E-state index contributed by atoms with van der Waals surface area (Å²) in [7, 11) is 0. The van der Waals surface area contributed by atoms with E-state index < -0.39 is 0 Å². The first-order valence-corrected chi connectivity index (χ1v) is 12.6. The van der Waals surface area contributed by atoms with Crippen molar-refractivity contribution in [3.8, 4) is 0 Å². The zero-order valence-electron chi connectivity index (χ0n) is 21.7. The van der Waals surface area contributed by atoms with Crippen LogP contribution in [0.4, 0.5) is 11.4 Å². The summed E-state index contributed by atoms with van der Waals surface area (Å²) in [4.78, 5) is 28.2. The van der Waals surface area contributed by atoms with Crippen LogP contribution in [0.2, 0.25) is 0 Å². The van der Waals surface area contributed by atoms with Crippen LogP contribution in [-0.4, -0.2) is 24.9 Å². The number of nitrogens with zero attached hydrogens (tertiary/aromatic N) is 1. The highest BCUT2D eigenvalue weighted by Gasteiger charge is 2.23. The van der Waals surface area contributed by atoms with Crippen molar-refractivity contribution >= 4 is 23.2 Å². The summed E-state index contributed by atoms with van der Waals surface area (Å²) < 4.78 is 0. The molecule has 5 nitrogen and oxygen atoms in total. The molecular formula is C29H41N3O2. The minimum atomic E-state index is -0.0974. The number of carbonyl (C=O) groups is 2. The van der Waals surface area contributed by atoms with Gasteiger partial charge in [0.05, 0.1) is 5.56 Å². The van der Waals surface area contributed by atoms with E-state index in [-0.39, 0.29) is 17.2 Å². The van der Waals surface area contributed by atoms with Crippen LogP contribution >= 0.6 is 0 Å². The lowest BCUT2D eigenvalue weighted by Crippen LogP contribution is -2.34. The molecule has 0 saturated carbocycles. The fourth-order valence-corrected chi connectivity index (χ4v) is 4.81. The maximum absolute atomic E-state index is 13.2. The van der Waals surface area contributed by atoms with E-state index in [2.05, 4.69) is 81.3 Å². The molecule has 0 radical (unpaired) electrons. The normalized spacial score (nSPS) is 14.5. The van der Waals surface area contributed by atoms with E-state index in [1.165, 1.54) is 11.1 Å². The lowest BCUT2D eigenvalue weighted by molar-refractivity contribution is -0.117. The zero-order valence-corrected chi connectivity index (χ0v) is 21.7. The van der Waals surface area contributed by atoms with Crippen LogP contribution in [0.25, 0.3) is 0 Å². The zero-order chi connectivity index (χ0) is 24.9. The summed E-state index contributed by atoms with van der Waals surface area (Å²) >= 11 is 0. The van der Waals surface area contributed by atoms with Gasteiger partial charge >= 0.3 is 0 Å². The number of hydrogen-bond donors (Lipinski definition) is 2. The Hall–Kier alpha value is -2.82. The molecule has 0 saturated heterocycles. The lowest BCUT2D eigenvalue weighted by atomic mass is 9.84. The second kappa shape index (κ2) is 11.1. The Balaban J connectivity index is 1.80. The average molecular weight is 464 g/mol. The minimum Gasteiger partial charge on any atom is -0.366 e. The van der Waals surface area contributed by atoms with E-state index in [1.54, 1.807) is 0 Å². The molecule has 2 amide bonds. The third kappa shape index (κ3) is 7.34. The molecule has 0 bridgehead atoms. The highest BCUT2D eigenvalue weighted by Crippen LogP contribution is 2.30. The van der Waals surface area contributed by atoms with Gasteiger partial charge in [-0.3, -0.25) is 9.59 Å². The van der Waals surface area contributed by atoms with Gasteiger partial charge in [-0.1, -0.05) is 65.8 Å². The van der Waals surface area contributed by atoms with E-state index in [0.717, 1.165) is 31.6 Å². The number of benzene rings is 2. The maximum Gasteiger partial charge on any atom is 0.253 e. The van der Waals surface area contributed by atoms with Gasteiger partial charge in [0.2, 0.25) is 5.91 Å². The van der Waals surface area contributed by atoms with Gasteiger partial charge in [-0.05, 0) is 59.4 Å². The van der Waals surface area contributed by atoms with Crippen LogP contribution in [0, 0.1) is 17.3 Å².